The summed E-state index contributed by atoms with van der Waals surface area (Å²) in [6, 6.07) is 10.7. The lowest BCUT2D eigenvalue weighted by Gasteiger charge is -2.35. The van der Waals surface area contributed by atoms with E-state index in [-0.39, 0.29) is 5.69 Å². The van der Waals surface area contributed by atoms with Crippen LogP contribution in [0.15, 0.2) is 59.5 Å². The number of hydrogen-bond acceptors (Lipinski definition) is 9. The van der Waals surface area contributed by atoms with Crippen molar-refractivity contribution in [3.63, 3.8) is 0 Å². The molecule has 0 saturated carbocycles. The van der Waals surface area contributed by atoms with Gasteiger partial charge in [-0.15, -0.1) is 4.39 Å². The first-order valence-electron chi connectivity index (χ1n) is 10.4. The molecule has 3 rings (SSSR count). The number of nitrogens with zero attached hydrogens (tertiary/aromatic N) is 2. The molecule has 1 unspecified atom stereocenters. The van der Waals surface area contributed by atoms with Crippen LogP contribution in [0.1, 0.15) is 26.3 Å². The van der Waals surface area contributed by atoms with Gasteiger partial charge in [0, 0.05) is 12.7 Å². The number of nitro groups is 1. The largest absolute Gasteiger partial charge is 0.499 e. The van der Waals surface area contributed by atoms with E-state index in [0.717, 1.165) is 18.2 Å². The molecule has 36 heavy (non-hydrogen) atoms. The number of hydroxylamine groups is 1. The van der Waals surface area contributed by atoms with Crippen molar-refractivity contribution in [1.29, 1.82) is 0 Å². The van der Waals surface area contributed by atoms with E-state index < -0.39 is 60.3 Å². The van der Waals surface area contributed by atoms with Gasteiger partial charge in [-0.2, -0.15) is 5.06 Å². The highest BCUT2D eigenvalue weighted by Gasteiger charge is 2.81. The topological polar surface area (TPSA) is 154 Å². The second-order valence-electron chi connectivity index (χ2n) is 8.66. The fourth-order valence-electron chi connectivity index (χ4n) is 3.72. The fourth-order valence-corrected chi connectivity index (χ4v) is 5.40. The van der Waals surface area contributed by atoms with Crippen LogP contribution in [-0.2, 0) is 34.5 Å². The van der Waals surface area contributed by atoms with Crippen molar-refractivity contribution in [1.82, 2.24) is 5.32 Å². The van der Waals surface area contributed by atoms with Gasteiger partial charge in [0.15, 0.2) is 6.79 Å². The van der Waals surface area contributed by atoms with Crippen molar-refractivity contribution >= 4 is 27.5 Å². The zero-order chi connectivity index (χ0) is 26.9. The van der Waals surface area contributed by atoms with E-state index in [2.05, 4.69) is 0 Å². The Kier molecular flexibility index (Phi) is 7.08. The Bertz CT molecular complexity index is 1280. The predicted molar refractivity (Wildman–Crippen MR) is 122 cm³/mol. The third-order valence-electron chi connectivity index (χ3n) is 5.13. The molecule has 0 saturated heterocycles. The van der Waals surface area contributed by atoms with Crippen LogP contribution < -0.4 is 10.4 Å². The van der Waals surface area contributed by atoms with E-state index in [1.165, 1.54) is 64.3 Å². The Morgan fingerprint density at radius 1 is 1.14 bits per heavy atom. The lowest BCUT2D eigenvalue weighted by Crippen LogP contribution is -2.70. The monoisotopic (exact) mass is 525 g/mol. The number of rotatable bonds is 8. The number of amides is 2. The normalized spacial score (nSPS) is 19.4. The van der Waals surface area contributed by atoms with E-state index in [4.69, 9.17) is 14.3 Å². The summed E-state index contributed by atoms with van der Waals surface area (Å²) in [6.45, 7) is 3.80. The number of alkyl halides is 1. The average molecular weight is 526 g/mol. The number of methoxy groups -OCH3 is 1. The fraction of sp³-hybridized carbons (Fsp3) is 0.364. The maximum atomic E-state index is 17.1. The number of carbonyl (C=O) groups excluding carboxylic acids is 2. The molecule has 2 atom stereocenters. The number of alkyl carbamates (subject to hydrolysis) is 1. The second kappa shape index (κ2) is 9.44. The van der Waals surface area contributed by atoms with Gasteiger partial charge in [-0.05, 0) is 39.0 Å². The molecule has 0 aliphatic carbocycles. The zero-order valence-corrected chi connectivity index (χ0v) is 20.6. The average Bonchev–Trinajstić information content (AvgIpc) is 3.04. The van der Waals surface area contributed by atoms with Gasteiger partial charge in [-0.25, -0.2) is 18.0 Å². The van der Waals surface area contributed by atoms with Gasteiger partial charge in [0.05, 0.1) is 15.5 Å². The van der Waals surface area contributed by atoms with E-state index in [1.807, 2.05) is 5.32 Å². The van der Waals surface area contributed by atoms with Gasteiger partial charge in [0.1, 0.15) is 5.60 Å². The molecular formula is C22H24FN3O9S. The van der Waals surface area contributed by atoms with Crippen LogP contribution in [0.25, 0.3) is 0 Å². The first-order valence-corrected chi connectivity index (χ1v) is 11.9. The van der Waals surface area contributed by atoms with Crippen molar-refractivity contribution in [2.45, 2.75) is 41.9 Å². The number of halogens is 1. The van der Waals surface area contributed by atoms with Crippen LogP contribution in [-0.4, -0.2) is 50.0 Å². The molecule has 0 bridgehead atoms. The smallest absolute Gasteiger partial charge is 0.444 e. The molecule has 0 fully saturated rings. The maximum absolute atomic E-state index is 17.1. The molecule has 1 aliphatic rings. The minimum Gasteiger partial charge on any atom is -0.444 e. The Balaban J connectivity index is 2.39. The van der Waals surface area contributed by atoms with Gasteiger partial charge >= 0.3 is 11.2 Å². The Labute approximate surface area is 206 Å². The maximum Gasteiger partial charge on any atom is 0.499 e. The summed E-state index contributed by atoms with van der Waals surface area (Å²) in [7, 11) is -4.40. The highest BCUT2D eigenvalue weighted by Crippen LogP contribution is 2.52. The zero-order valence-electron chi connectivity index (χ0n) is 19.8. The number of para-hydroxylation sites is 1. The van der Waals surface area contributed by atoms with E-state index in [9.17, 15) is 28.1 Å². The highest BCUT2D eigenvalue weighted by molar-refractivity contribution is 7.92. The first-order chi connectivity index (χ1) is 16.7. The molecule has 1 N–H and O–H groups in total. The third kappa shape index (κ3) is 4.16. The number of hydrogen-bond donors (Lipinski definition) is 1. The first kappa shape index (κ1) is 27.0. The summed E-state index contributed by atoms with van der Waals surface area (Å²) in [5.74, 6) is -1.59. The molecule has 2 amide bonds. The van der Waals surface area contributed by atoms with Crippen molar-refractivity contribution in [2.75, 3.05) is 19.0 Å². The summed E-state index contributed by atoms with van der Waals surface area (Å²) in [6.07, 6.45) is -1.48. The molecular weight excluding hydrogens is 501 g/mol. The minimum atomic E-state index is -5.62. The minimum absolute atomic E-state index is 0.247. The van der Waals surface area contributed by atoms with E-state index >= 15 is 4.39 Å². The van der Waals surface area contributed by atoms with Crippen LogP contribution in [0.3, 0.4) is 0 Å². The predicted octanol–water partition coefficient (Wildman–Crippen LogP) is 2.66. The molecule has 0 spiro atoms. The number of fused-ring (bicyclic) bond motifs is 1. The molecule has 0 radical (unpaired) electrons. The lowest BCUT2D eigenvalue weighted by molar-refractivity contribution is -0.585. The highest BCUT2D eigenvalue weighted by atomic mass is 32.2. The SMILES string of the molecule is COCON1C(=O)[C@](NC(=O)OC(C)(C)C)(C(F)([N+](=O)[O-])S(=O)(=O)c2ccccc2)c2ccccc21. The van der Waals surface area contributed by atoms with Crippen molar-refractivity contribution < 1.29 is 41.6 Å². The van der Waals surface area contributed by atoms with E-state index in [1.54, 1.807) is 0 Å². The lowest BCUT2D eigenvalue weighted by atomic mass is 9.89. The van der Waals surface area contributed by atoms with Crippen LogP contribution in [0.2, 0.25) is 0 Å². The Morgan fingerprint density at radius 2 is 1.72 bits per heavy atom. The van der Waals surface area contributed by atoms with Crippen LogP contribution >= 0.6 is 0 Å². The third-order valence-corrected chi connectivity index (χ3v) is 7.19. The van der Waals surface area contributed by atoms with Crippen LogP contribution in [0.4, 0.5) is 14.9 Å². The van der Waals surface area contributed by atoms with Gasteiger partial charge in [-0.3, -0.25) is 20.2 Å². The molecule has 12 nitrogen and oxygen atoms in total. The summed E-state index contributed by atoms with van der Waals surface area (Å²) >= 11 is 0. The van der Waals surface area contributed by atoms with Crippen molar-refractivity contribution in [2.24, 2.45) is 0 Å². The molecule has 2 aromatic rings. The summed E-state index contributed by atoms with van der Waals surface area (Å²) < 4.78 is 54.1. The standard InChI is InChI=1S/C22H24FN3O9S/c1-20(2,3)35-19(28)24-21(16-12-8-9-13-17(16)25(18(21)27)34-14-33-4)22(23,26(29)30)36(31,32)15-10-6-5-7-11-15/h5-13H,14H2,1-4H3,(H,24,28)/t21-,22?/m0/s1. The number of benzene rings is 2. The quantitative estimate of drug-likeness (QED) is 0.237. The number of carbonyl (C=O) groups is 2. The number of ether oxygens (including phenoxy) is 2. The summed E-state index contributed by atoms with van der Waals surface area (Å²) in [4.78, 5) is 41.7. The van der Waals surface area contributed by atoms with Crippen LogP contribution in [0.5, 0.6) is 0 Å². The van der Waals surface area contributed by atoms with Gasteiger partial charge in [0.2, 0.25) is 0 Å². The van der Waals surface area contributed by atoms with Gasteiger partial charge in [0.25, 0.3) is 21.3 Å². The summed E-state index contributed by atoms with van der Waals surface area (Å²) in [5.41, 5.74) is -5.44. The van der Waals surface area contributed by atoms with Gasteiger partial charge in [-0.1, -0.05) is 36.4 Å². The van der Waals surface area contributed by atoms with Crippen LogP contribution in [0, 0.1) is 10.1 Å². The van der Waals surface area contributed by atoms with Crippen molar-refractivity contribution in [3.8, 4) is 0 Å². The summed E-state index contributed by atoms with van der Waals surface area (Å²) in [5, 5.41) is 10.1. The Hall–Kier alpha value is -3.62. The number of sulfone groups is 1. The van der Waals surface area contributed by atoms with E-state index in [0.29, 0.717) is 5.06 Å². The molecule has 0 aromatic heterocycles. The number of anilines is 1. The molecule has 1 heterocycles. The van der Waals surface area contributed by atoms with Gasteiger partial charge < -0.3 is 9.47 Å². The molecule has 194 valence electrons. The molecule has 1 aliphatic heterocycles. The number of nitrogens with one attached hydrogen (secondary N) is 1. The van der Waals surface area contributed by atoms with Crippen molar-refractivity contribution in [3.05, 3.63) is 70.3 Å². The molecule has 2 aromatic carbocycles. The second-order valence-corrected chi connectivity index (χ2v) is 10.7. The Morgan fingerprint density at radius 3 is 2.28 bits per heavy atom. The molecule has 14 heteroatoms.